The summed E-state index contributed by atoms with van der Waals surface area (Å²) in [5.41, 5.74) is 0.676. The van der Waals surface area contributed by atoms with Crippen molar-refractivity contribution in [3.63, 3.8) is 0 Å². The molecule has 0 saturated heterocycles. The first kappa shape index (κ1) is 33.2. The lowest BCUT2D eigenvalue weighted by atomic mass is 10.1. The minimum atomic E-state index is -4.26. The first-order chi connectivity index (χ1) is 21.2. The number of sulfonamides is 1. The van der Waals surface area contributed by atoms with Crippen LogP contribution in [0.5, 0.6) is 11.5 Å². The highest BCUT2D eigenvalue weighted by atomic mass is 32.2. The maximum absolute atomic E-state index is 14.8. The van der Waals surface area contributed by atoms with E-state index in [9.17, 15) is 22.4 Å². The van der Waals surface area contributed by atoms with Crippen molar-refractivity contribution in [1.29, 1.82) is 0 Å². The SMILES string of the molecule is Cc1ccc(S(=O)(=O)N(CC(=O)N(Cc2ccccc2F)[C@@H](C)C(=O)NC(C)(C)C)c2ccc(Oc3ccccc3)cc2)cc1. The summed E-state index contributed by atoms with van der Waals surface area (Å²) in [5.74, 6) is -0.608. The van der Waals surface area contributed by atoms with Gasteiger partial charge in [-0.25, -0.2) is 12.8 Å². The van der Waals surface area contributed by atoms with Crippen molar-refractivity contribution < 1.29 is 27.1 Å². The van der Waals surface area contributed by atoms with Gasteiger partial charge in [0.2, 0.25) is 11.8 Å². The molecule has 4 aromatic carbocycles. The van der Waals surface area contributed by atoms with E-state index in [1.165, 1.54) is 42.2 Å². The van der Waals surface area contributed by atoms with E-state index in [-0.39, 0.29) is 22.7 Å². The lowest BCUT2D eigenvalue weighted by molar-refractivity contribution is -0.140. The number of amides is 2. The molecule has 236 valence electrons. The zero-order valence-electron chi connectivity index (χ0n) is 26.0. The summed E-state index contributed by atoms with van der Waals surface area (Å²) in [7, 11) is -4.26. The predicted octanol–water partition coefficient (Wildman–Crippen LogP) is 6.45. The van der Waals surface area contributed by atoms with Crippen LogP contribution in [0.1, 0.15) is 38.8 Å². The Bertz CT molecular complexity index is 1720. The van der Waals surface area contributed by atoms with Gasteiger partial charge in [-0.05, 0) is 89.2 Å². The normalized spacial score (nSPS) is 12.2. The molecule has 0 aliphatic heterocycles. The molecule has 8 nitrogen and oxygen atoms in total. The first-order valence-electron chi connectivity index (χ1n) is 14.5. The molecule has 0 aliphatic carbocycles. The number of halogens is 1. The number of carbonyl (C=O) groups is 2. The number of aryl methyl sites for hydroxylation is 1. The van der Waals surface area contributed by atoms with Crippen molar-refractivity contribution in [2.45, 2.75) is 57.6 Å². The van der Waals surface area contributed by atoms with Crippen LogP contribution >= 0.6 is 0 Å². The van der Waals surface area contributed by atoms with E-state index in [4.69, 9.17) is 4.74 Å². The highest BCUT2D eigenvalue weighted by Crippen LogP contribution is 2.29. The molecule has 0 bridgehead atoms. The number of ether oxygens (including phenoxy) is 1. The molecule has 4 aromatic rings. The van der Waals surface area contributed by atoms with Crippen LogP contribution in [0.25, 0.3) is 0 Å². The fourth-order valence-electron chi connectivity index (χ4n) is 4.54. The van der Waals surface area contributed by atoms with E-state index in [1.807, 2.05) is 45.9 Å². The Labute approximate surface area is 264 Å². The minimum absolute atomic E-state index is 0.00955. The number of nitrogens with one attached hydrogen (secondary N) is 1. The number of carbonyl (C=O) groups excluding carboxylic acids is 2. The Kier molecular flexibility index (Phi) is 10.3. The average molecular weight is 632 g/mol. The summed E-state index contributed by atoms with van der Waals surface area (Å²) in [6, 6.07) is 26.7. The van der Waals surface area contributed by atoms with E-state index < -0.39 is 45.8 Å². The van der Waals surface area contributed by atoms with Gasteiger partial charge in [0.05, 0.1) is 10.6 Å². The van der Waals surface area contributed by atoms with Gasteiger partial charge in [-0.15, -0.1) is 0 Å². The highest BCUT2D eigenvalue weighted by Gasteiger charge is 2.33. The third-order valence-corrected chi connectivity index (χ3v) is 8.74. The molecule has 2 amide bonds. The number of anilines is 1. The van der Waals surface area contributed by atoms with Crippen LogP contribution in [0, 0.1) is 12.7 Å². The van der Waals surface area contributed by atoms with Gasteiger partial charge in [0, 0.05) is 17.6 Å². The number of para-hydroxylation sites is 1. The minimum Gasteiger partial charge on any atom is -0.457 e. The van der Waals surface area contributed by atoms with Crippen LogP contribution in [-0.4, -0.2) is 43.3 Å². The van der Waals surface area contributed by atoms with Crippen LogP contribution in [0.15, 0.2) is 108 Å². The first-order valence-corrected chi connectivity index (χ1v) is 16.0. The van der Waals surface area contributed by atoms with E-state index in [0.29, 0.717) is 11.5 Å². The molecular weight excluding hydrogens is 593 g/mol. The molecule has 1 atom stereocenters. The van der Waals surface area contributed by atoms with Gasteiger partial charge in [0.25, 0.3) is 10.0 Å². The topological polar surface area (TPSA) is 96.0 Å². The monoisotopic (exact) mass is 631 g/mol. The molecule has 0 saturated carbocycles. The molecule has 0 fully saturated rings. The largest absolute Gasteiger partial charge is 0.457 e. The van der Waals surface area contributed by atoms with Crippen molar-refractivity contribution in [1.82, 2.24) is 10.2 Å². The molecular formula is C35H38FN3O5S. The summed E-state index contributed by atoms with van der Waals surface area (Å²) in [5, 5.41) is 2.85. The zero-order valence-corrected chi connectivity index (χ0v) is 26.8. The molecule has 0 aliphatic rings. The molecule has 10 heteroatoms. The molecule has 0 radical (unpaired) electrons. The number of rotatable bonds is 11. The highest BCUT2D eigenvalue weighted by molar-refractivity contribution is 7.92. The smallest absolute Gasteiger partial charge is 0.264 e. The van der Waals surface area contributed by atoms with E-state index in [1.54, 1.807) is 54.6 Å². The Balaban J connectivity index is 1.72. The van der Waals surface area contributed by atoms with Crippen molar-refractivity contribution in [3.8, 4) is 11.5 Å². The molecule has 4 rings (SSSR count). The van der Waals surface area contributed by atoms with Gasteiger partial charge < -0.3 is 15.0 Å². The van der Waals surface area contributed by atoms with E-state index in [2.05, 4.69) is 5.32 Å². The summed E-state index contributed by atoms with van der Waals surface area (Å²) >= 11 is 0. The Morgan fingerprint density at radius 2 is 1.42 bits per heavy atom. The van der Waals surface area contributed by atoms with Gasteiger partial charge in [-0.3, -0.25) is 13.9 Å². The lowest BCUT2D eigenvalue weighted by Gasteiger charge is -2.33. The summed E-state index contributed by atoms with van der Waals surface area (Å²) in [4.78, 5) is 28.5. The van der Waals surface area contributed by atoms with Crippen LogP contribution in [0.2, 0.25) is 0 Å². The van der Waals surface area contributed by atoms with Crippen molar-refractivity contribution in [3.05, 3.63) is 120 Å². The molecule has 1 N–H and O–H groups in total. The van der Waals surface area contributed by atoms with Crippen molar-refractivity contribution in [2.24, 2.45) is 0 Å². The maximum Gasteiger partial charge on any atom is 0.264 e. The van der Waals surface area contributed by atoms with Crippen molar-refractivity contribution in [2.75, 3.05) is 10.8 Å². The number of hydrogen-bond donors (Lipinski definition) is 1. The van der Waals surface area contributed by atoms with Crippen LogP contribution in [-0.2, 0) is 26.2 Å². The zero-order chi connectivity index (χ0) is 32.8. The Hall–Kier alpha value is -4.70. The fraction of sp³-hybridized carbons (Fsp3) is 0.257. The molecule has 0 unspecified atom stereocenters. The Morgan fingerprint density at radius 1 is 0.844 bits per heavy atom. The van der Waals surface area contributed by atoms with Gasteiger partial charge in [-0.2, -0.15) is 0 Å². The second-order valence-electron chi connectivity index (χ2n) is 11.8. The number of benzene rings is 4. The number of nitrogens with zero attached hydrogens (tertiary/aromatic N) is 2. The van der Waals surface area contributed by atoms with Crippen LogP contribution in [0.4, 0.5) is 10.1 Å². The quantitative estimate of drug-likeness (QED) is 0.205. The van der Waals surface area contributed by atoms with Crippen molar-refractivity contribution >= 4 is 27.5 Å². The second kappa shape index (κ2) is 13.9. The van der Waals surface area contributed by atoms with Crippen LogP contribution in [0.3, 0.4) is 0 Å². The summed E-state index contributed by atoms with van der Waals surface area (Å²) in [6.45, 7) is 7.91. The summed E-state index contributed by atoms with van der Waals surface area (Å²) < 4.78 is 49.8. The standard InChI is InChI=1S/C35H38FN3O5S/c1-25-15-21-31(22-16-25)45(42,43)39(28-17-19-30(20-18-28)44-29-12-7-6-8-13-29)24-33(40)38(23-27-11-9-10-14-32(27)36)26(2)34(41)37-35(3,4)5/h6-22,26H,23-24H2,1-5H3,(H,37,41)/t26-/m0/s1. The third kappa shape index (κ3) is 8.69. The van der Waals surface area contributed by atoms with Gasteiger partial charge >= 0.3 is 0 Å². The fourth-order valence-corrected chi connectivity index (χ4v) is 5.95. The molecule has 45 heavy (non-hydrogen) atoms. The van der Waals surface area contributed by atoms with Crippen LogP contribution < -0.4 is 14.4 Å². The van der Waals surface area contributed by atoms with E-state index >= 15 is 0 Å². The molecule has 0 spiro atoms. The molecule has 0 heterocycles. The third-order valence-electron chi connectivity index (χ3n) is 6.96. The average Bonchev–Trinajstić information content (AvgIpc) is 2.99. The van der Waals surface area contributed by atoms with Gasteiger partial charge in [-0.1, -0.05) is 54.1 Å². The van der Waals surface area contributed by atoms with E-state index in [0.717, 1.165) is 9.87 Å². The van der Waals surface area contributed by atoms with Gasteiger partial charge in [0.1, 0.15) is 29.9 Å². The van der Waals surface area contributed by atoms with Gasteiger partial charge in [0.15, 0.2) is 0 Å². The summed E-state index contributed by atoms with van der Waals surface area (Å²) in [6.07, 6.45) is 0. The predicted molar refractivity (Wildman–Crippen MR) is 173 cm³/mol. The molecule has 0 aromatic heterocycles. The number of hydrogen-bond acceptors (Lipinski definition) is 5. The second-order valence-corrected chi connectivity index (χ2v) is 13.6. The maximum atomic E-state index is 14.8. The Morgan fingerprint density at radius 3 is 2.02 bits per heavy atom. The lowest BCUT2D eigenvalue weighted by Crippen LogP contribution is -2.54.